The number of hydrogen-bond acceptors (Lipinski definition) is 4. The Morgan fingerprint density at radius 3 is 3.11 bits per heavy atom. The number of nitrogens with zero attached hydrogens (tertiary/aromatic N) is 3. The lowest BCUT2D eigenvalue weighted by atomic mass is 10.0. The molecule has 2 aromatic rings. The van der Waals surface area contributed by atoms with Crippen LogP contribution in [0, 0.1) is 0 Å². The number of ether oxygens (including phenoxy) is 1. The molecule has 2 N–H and O–H groups in total. The molecule has 5 heteroatoms. The summed E-state index contributed by atoms with van der Waals surface area (Å²) >= 11 is 0. The van der Waals surface area contributed by atoms with Gasteiger partial charge in [0.1, 0.15) is 5.75 Å². The maximum atomic E-state index is 5.87. The van der Waals surface area contributed by atoms with E-state index in [2.05, 4.69) is 23.3 Å². The fourth-order valence-corrected chi connectivity index (χ4v) is 2.58. The maximum absolute atomic E-state index is 5.87. The van der Waals surface area contributed by atoms with Crippen molar-refractivity contribution in [2.45, 2.75) is 32.2 Å². The van der Waals surface area contributed by atoms with E-state index in [-0.39, 0.29) is 0 Å². The Hall–Kier alpha value is -2.04. The van der Waals surface area contributed by atoms with Gasteiger partial charge in [-0.15, -0.1) is 5.10 Å². The molecule has 3 rings (SSSR count). The summed E-state index contributed by atoms with van der Waals surface area (Å²) in [6, 6.07) is 8.17. The van der Waals surface area contributed by atoms with Gasteiger partial charge in [0, 0.05) is 11.5 Å². The second-order valence-electron chi connectivity index (χ2n) is 4.90. The molecule has 0 spiro atoms. The summed E-state index contributed by atoms with van der Waals surface area (Å²) in [6.45, 7) is 3.60. The Labute approximate surface area is 112 Å². The SMILES string of the molecule is CCCc1c(N)nnn1CC1COc2ccccc21. The van der Waals surface area contributed by atoms with Crippen LogP contribution >= 0.6 is 0 Å². The summed E-state index contributed by atoms with van der Waals surface area (Å²) in [5, 5.41) is 8.14. The highest BCUT2D eigenvalue weighted by Crippen LogP contribution is 2.34. The Morgan fingerprint density at radius 2 is 2.26 bits per heavy atom. The van der Waals surface area contributed by atoms with E-state index in [0.29, 0.717) is 18.3 Å². The molecule has 0 radical (unpaired) electrons. The Kier molecular flexibility index (Phi) is 3.11. The third kappa shape index (κ3) is 2.16. The molecule has 5 nitrogen and oxygen atoms in total. The predicted octanol–water partition coefficient (Wildman–Crippen LogP) is 1.99. The van der Waals surface area contributed by atoms with E-state index in [1.165, 1.54) is 5.56 Å². The van der Waals surface area contributed by atoms with E-state index in [4.69, 9.17) is 10.5 Å². The number of aromatic nitrogens is 3. The van der Waals surface area contributed by atoms with E-state index in [1.54, 1.807) is 0 Å². The first kappa shape index (κ1) is 12.0. The number of para-hydroxylation sites is 1. The third-order valence-corrected chi connectivity index (χ3v) is 3.55. The van der Waals surface area contributed by atoms with Crippen molar-refractivity contribution in [2.75, 3.05) is 12.3 Å². The number of rotatable bonds is 4. The van der Waals surface area contributed by atoms with Gasteiger partial charge in [0.15, 0.2) is 5.82 Å². The summed E-state index contributed by atoms with van der Waals surface area (Å²) in [6.07, 6.45) is 1.95. The number of nitrogens with two attached hydrogens (primary N) is 1. The van der Waals surface area contributed by atoms with Crippen LogP contribution in [0.15, 0.2) is 24.3 Å². The zero-order chi connectivity index (χ0) is 13.2. The quantitative estimate of drug-likeness (QED) is 0.910. The Morgan fingerprint density at radius 1 is 1.42 bits per heavy atom. The lowest BCUT2D eigenvalue weighted by molar-refractivity contribution is 0.312. The zero-order valence-electron chi connectivity index (χ0n) is 11.0. The first-order valence-electron chi connectivity index (χ1n) is 6.69. The highest BCUT2D eigenvalue weighted by molar-refractivity contribution is 5.40. The number of hydrogen-bond donors (Lipinski definition) is 1. The molecule has 100 valence electrons. The van der Waals surface area contributed by atoms with Crippen LogP contribution in [0.1, 0.15) is 30.5 Å². The first-order chi connectivity index (χ1) is 9.29. The molecule has 0 aliphatic carbocycles. The summed E-state index contributed by atoms with van der Waals surface area (Å²) in [5.74, 6) is 1.86. The highest BCUT2D eigenvalue weighted by Gasteiger charge is 2.25. The second kappa shape index (κ2) is 4.91. The van der Waals surface area contributed by atoms with Gasteiger partial charge in [0.05, 0.1) is 18.8 Å². The minimum absolute atomic E-state index is 0.327. The molecule has 0 bridgehead atoms. The average Bonchev–Trinajstić information content (AvgIpc) is 2.98. The van der Waals surface area contributed by atoms with Crippen molar-refractivity contribution in [1.82, 2.24) is 15.0 Å². The summed E-state index contributed by atoms with van der Waals surface area (Å²) in [7, 11) is 0. The van der Waals surface area contributed by atoms with Crippen LogP contribution < -0.4 is 10.5 Å². The van der Waals surface area contributed by atoms with Crippen LogP contribution in [0.5, 0.6) is 5.75 Å². The van der Waals surface area contributed by atoms with Gasteiger partial charge < -0.3 is 10.5 Å². The average molecular weight is 258 g/mol. The molecule has 19 heavy (non-hydrogen) atoms. The molecule has 1 aromatic carbocycles. The van der Waals surface area contributed by atoms with Crippen LogP contribution in [0.25, 0.3) is 0 Å². The lowest BCUT2D eigenvalue weighted by Gasteiger charge is -2.11. The van der Waals surface area contributed by atoms with Crippen molar-refractivity contribution in [3.05, 3.63) is 35.5 Å². The summed E-state index contributed by atoms with van der Waals surface area (Å²) < 4.78 is 7.62. The van der Waals surface area contributed by atoms with Gasteiger partial charge in [-0.25, -0.2) is 4.68 Å². The van der Waals surface area contributed by atoms with Crippen LogP contribution in [0.4, 0.5) is 5.82 Å². The van der Waals surface area contributed by atoms with Crippen molar-refractivity contribution in [1.29, 1.82) is 0 Å². The second-order valence-corrected chi connectivity index (χ2v) is 4.90. The van der Waals surface area contributed by atoms with Crippen LogP contribution in [0.3, 0.4) is 0 Å². The molecule has 1 atom stereocenters. The number of anilines is 1. The molecular formula is C14H18N4O. The van der Waals surface area contributed by atoms with E-state index >= 15 is 0 Å². The first-order valence-corrected chi connectivity index (χ1v) is 6.69. The molecular weight excluding hydrogens is 240 g/mol. The topological polar surface area (TPSA) is 66.0 Å². The van der Waals surface area contributed by atoms with Gasteiger partial charge in [-0.2, -0.15) is 0 Å². The van der Waals surface area contributed by atoms with Crippen LogP contribution in [-0.2, 0) is 13.0 Å². The fraction of sp³-hybridized carbons (Fsp3) is 0.429. The third-order valence-electron chi connectivity index (χ3n) is 3.55. The molecule has 0 saturated heterocycles. The van der Waals surface area contributed by atoms with Crippen molar-refractivity contribution in [3.63, 3.8) is 0 Å². The van der Waals surface area contributed by atoms with Gasteiger partial charge in [-0.05, 0) is 12.5 Å². The van der Waals surface area contributed by atoms with Gasteiger partial charge in [0.25, 0.3) is 0 Å². The molecule has 0 fully saturated rings. The van der Waals surface area contributed by atoms with Gasteiger partial charge in [0.2, 0.25) is 0 Å². The van der Waals surface area contributed by atoms with Crippen molar-refractivity contribution in [3.8, 4) is 5.75 Å². The Bertz CT molecular complexity index is 579. The number of fused-ring (bicyclic) bond motifs is 1. The van der Waals surface area contributed by atoms with Gasteiger partial charge >= 0.3 is 0 Å². The number of benzene rings is 1. The van der Waals surface area contributed by atoms with Crippen molar-refractivity contribution >= 4 is 5.82 Å². The molecule has 1 unspecified atom stereocenters. The predicted molar refractivity (Wildman–Crippen MR) is 73.1 cm³/mol. The van der Waals surface area contributed by atoms with Crippen LogP contribution in [-0.4, -0.2) is 21.6 Å². The maximum Gasteiger partial charge on any atom is 0.169 e. The molecule has 0 saturated carbocycles. The highest BCUT2D eigenvalue weighted by atomic mass is 16.5. The fourth-order valence-electron chi connectivity index (χ4n) is 2.58. The molecule has 1 aliphatic heterocycles. The van der Waals surface area contributed by atoms with E-state index in [1.807, 2.05) is 22.9 Å². The molecule has 1 aliphatic rings. The van der Waals surface area contributed by atoms with Crippen molar-refractivity contribution in [2.24, 2.45) is 0 Å². The van der Waals surface area contributed by atoms with Gasteiger partial charge in [-0.1, -0.05) is 36.8 Å². The van der Waals surface area contributed by atoms with E-state index in [0.717, 1.165) is 30.8 Å². The molecule has 2 heterocycles. The Balaban J connectivity index is 1.83. The lowest BCUT2D eigenvalue weighted by Crippen LogP contribution is -2.14. The van der Waals surface area contributed by atoms with Crippen molar-refractivity contribution < 1.29 is 4.74 Å². The van der Waals surface area contributed by atoms with E-state index < -0.39 is 0 Å². The standard InChI is InChI=1S/C14H18N4O/c1-2-5-12-14(15)16-17-18(12)8-10-9-19-13-7-4-3-6-11(10)13/h3-4,6-7,10H,2,5,8-9,15H2,1H3. The van der Waals surface area contributed by atoms with Gasteiger partial charge in [-0.3, -0.25) is 0 Å². The summed E-state index contributed by atoms with van der Waals surface area (Å²) in [5.41, 5.74) is 8.15. The van der Waals surface area contributed by atoms with Crippen LogP contribution in [0.2, 0.25) is 0 Å². The zero-order valence-corrected chi connectivity index (χ0v) is 11.0. The molecule has 0 amide bonds. The smallest absolute Gasteiger partial charge is 0.169 e. The summed E-state index contributed by atoms with van der Waals surface area (Å²) in [4.78, 5) is 0. The van der Waals surface area contributed by atoms with E-state index in [9.17, 15) is 0 Å². The normalized spacial score (nSPS) is 17.2. The minimum Gasteiger partial charge on any atom is -0.493 e. The molecule has 1 aromatic heterocycles. The monoisotopic (exact) mass is 258 g/mol. The number of nitrogen functional groups attached to an aromatic ring is 1. The minimum atomic E-state index is 0.327. The largest absolute Gasteiger partial charge is 0.493 e.